The fraction of sp³-hybridized carbons (Fsp3) is 0.0500. The van der Waals surface area contributed by atoms with E-state index in [1.54, 1.807) is 55.6 Å². The summed E-state index contributed by atoms with van der Waals surface area (Å²) in [6.45, 7) is 0. The summed E-state index contributed by atoms with van der Waals surface area (Å²) in [6, 6.07) is 19.2. The topological polar surface area (TPSA) is 96.5 Å². The van der Waals surface area contributed by atoms with E-state index < -0.39 is 16.1 Å². The standard InChI is InChI=1S/C20H18BrN3O4S/c1-28-18-7-3-5-16(13-18)23-20(25)22-15-8-10-19(11-9-15)29(26,27)24-17-6-2-4-14(21)12-17/h2-13,24H,1H3,(H2,22,23,25). The molecule has 29 heavy (non-hydrogen) atoms. The number of hydrogen-bond acceptors (Lipinski definition) is 4. The van der Waals surface area contributed by atoms with Crippen LogP contribution < -0.4 is 20.1 Å². The minimum absolute atomic E-state index is 0.0798. The molecule has 9 heteroatoms. The fourth-order valence-corrected chi connectivity index (χ4v) is 3.93. The second-order valence-electron chi connectivity index (χ2n) is 5.95. The Morgan fingerprint density at radius 1 is 0.862 bits per heavy atom. The maximum atomic E-state index is 12.5. The molecule has 0 spiro atoms. The quantitative estimate of drug-likeness (QED) is 0.472. The van der Waals surface area contributed by atoms with E-state index in [-0.39, 0.29) is 4.90 Å². The lowest BCUT2D eigenvalue weighted by molar-refractivity contribution is 0.262. The molecule has 0 heterocycles. The lowest BCUT2D eigenvalue weighted by Crippen LogP contribution is -2.19. The van der Waals surface area contributed by atoms with Gasteiger partial charge in [-0.2, -0.15) is 0 Å². The normalized spacial score (nSPS) is 10.8. The van der Waals surface area contributed by atoms with E-state index in [0.29, 0.717) is 22.8 Å². The number of anilines is 3. The zero-order chi connectivity index (χ0) is 20.9. The van der Waals surface area contributed by atoms with Crippen LogP contribution in [0.1, 0.15) is 0 Å². The van der Waals surface area contributed by atoms with Gasteiger partial charge >= 0.3 is 6.03 Å². The van der Waals surface area contributed by atoms with E-state index in [1.165, 1.54) is 24.3 Å². The van der Waals surface area contributed by atoms with Gasteiger partial charge < -0.3 is 15.4 Å². The summed E-state index contributed by atoms with van der Waals surface area (Å²) < 4.78 is 33.4. The molecule has 0 fully saturated rings. The predicted molar refractivity (Wildman–Crippen MR) is 117 cm³/mol. The van der Waals surface area contributed by atoms with Crippen molar-refractivity contribution in [2.75, 3.05) is 22.5 Å². The van der Waals surface area contributed by atoms with Gasteiger partial charge in [-0.3, -0.25) is 4.72 Å². The molecule has 7 nitrogen and oxygen atoms in total. The SMILES string of the molecule is COc1cccc(NC(=O)Nc2ccc(S(=O)(=O)Nc3cccc(Br)c3)cc2)c1. The van der Waals surface area contributed by atoms with Gasteiger partial charge in [-0.15, -0.1) is 0 Å². The van der Waals surface area contributed by atoms with Gasteiger partial charge in [0, 0.05) is 27.6 Å². The molecule has 0 bridgehead atoms. The highest BCUT2D eigenvalue weighted by molar-refractivity contribution is 9.10. The zero-order valence-corrected chi connectivity index (χ0v) is 17.7. The van der Waals surface area contributed by atoms with Crippen molar-refractivity contribution in [2.24, 2.45) is 0 Å². The molecule has 3 aromatic carbocycles. The maximum Gasteiger partial charge on any atom is 0.323 e. The lowest BCUT2D eigenvalue weighted by atomic mass is 10.3. The van der Waals surface area contributed by atoms with Crippen molar-refractivity contribution in [2.45, 2.75) is 4.90 Å². The Morgan fingerprint density at radius 2 is 1.52 bits per heavy atom. The molecule has 0 aliphatic heterocycles. The molecule has 0 saturated carbocycles. The van der Waals surface area contributed by atoms with Gasteiger partial charge in [0.15, 0.2) is 0 Å². The molecule has 0 atom stereocenters. The summed E-state index contributed by atoms with van der Waals surface area (Å²) in [6.07, 6.45) is 0. The number of amides is 2. The van der Waals surface area contributed by atoms with Crippen molar-refractivity contribution in [3.63, 3.8) is 0 Å². The van der Waals surface area contributed by atoms with E-state index in [0.717, 1.165) is 4.47 Å². The molecular weight excluding hydrogens is 458 g/mol. The molecule has 0 aromatic heterocycles. The summed E-state index contributed by atoms with van der Waals surface area (Å²) >= 11 is 3.30. The van der Waals surface area contributed by atoms with Crippen molar-refractivity contribution in [1.82, 2.24) is 0 Å². The van der Waals surface area contributed by atoms with Gasteiger partial charge in [0.25, 0.3) is 10.0 Å². The van der Waals surface area contributed by atoms with Gasteiger partial charge in [-0.25, -0.2) is 13.2 Å². The number of rotatable bonds is 6. The second kappa shape index (κ2) is 8.97. The average Bonchev–Trinajstić information content (AvgIpc) is 2.68. The van der Waals surface area contributed by atoms with Gasteiger partial charge in [0.1, 0.15) is 5.75 Å². The van der Waals surface area contributed by atoms with Gasteiger partial charge in [-0.05, 0) is 54.6 Å². The first-order chi connectivity index (χ1) is 13.9. The molecule has 0 unspecified atom stereocenters. The highest BCUT2D eigenvalue weighted by atomic mass is 79.9. The summed E-state index contributed by atoms with van der Waals surface area (Å²) in [5.41, 5.74) is 1.46. The predicted octanol–water partition coefficient (Wildman–Crippen LogP) is 4.90. The number of halogens is 1. The number of nitrogens with one attached hydrogen (secondary N) is 3. The van der Waals surface area contributed by atoms with Crippen LogP contribution in [0.5, 0.6) is 5.75 Å². The highest BCUT2D eigenvalue weighted by Gasteiger charge is 2.14. The fourth-order valence-electron chi connectivity index (χ4n) is 2.48. The van der Waals surface area contributed by atoms with Crippen LogP contribution >= 0.6 is 15.9 Å². The molecule has 150 valence electrons. The largest absolute Gasteiger partial charge is 0.497 e. The van der Waals surface area contributed by atoms with E-state index in [4.69, 9.17) is 4.74 Å². The Labute approximate surface area is 177 Å². The molecule has 3 aromatic rings. The smallest absolute Gasteiger partial charge is 0.323 e. The molecule has 2 amide bonds. The second-order valence-corrected chi connectivity index (χ2v) is 8.55. The molecule has 3 N–H and O–H groups in total. The van der Waals surface area contributed by atoms with Crippen LogP contribution in [0.2, 0.25) is 0 Å². The maximum absolute atomic E-state index is 12.5. The summed E-state index contributed by atoms with van der Waals surface area (Å²) in [5.74, 6) is 0.621. The van der Waals surface area contributed by atoms with Crippen LogP contribution in [0.15, 0.2) is 82.2 Å². The first kappa shape index (κ1) is 20.7. The van der Waals surface area contributed by atoms with Crippen molar-refractivity contribution in [3.05, 3.63) is 77.3 Å². The van der Waals surface area contributed by atoms with E-state index in [2.05, 4.69) is 31.3 Å². The monoisotopic (exact) mass is 475 g/mol. The first-order valence-electron chi connectivity index (χ1n) is 8.46. The van der Waals surface area contributed by atoms with Gasteiger partial charge in [0.2, 0.25) is 0 Å². The van der Waals surface area contributed by atoms with Crippen LogP contribution in [0, 0.1) is 0 Å². The summed E-state index contributed by atoms with van der Waals surface area (Å²) in [4.78, 5) is 12.2. The molecular formula is C20H18BrN3O4S. The Morgan fingerprint density at radius 3 is 2.21 bits per heavy atom. The van der Waals surface area contributed by atoms with Crippen molar-refractivity contribution < 1.29 is 17.9 Å². The zero-order valence-electron chi connectivity index (χ0n) is 15.3. The number of methoxy groups -OCH3 is 1. The number of benzene rings is 3. The number of carbonyl (C=O) groups is 1. The average molecular weight is 476 g/mol. The molecule has 0 aliphatic carbocycles. The van der Waals surface area contributed by atoms with E-state index in [1.807, 2.05) is 0 Å². The van der Waals surface area contributed by atoms with Crippen molar-refractivity contribution >= 4 is 49.0 Å². The number of sulfonamides is 1. The third-order valence-electron chi connectivity index (χ3n) is 3.83. The summed E-state index contributed by atoms with van der Waals surface area (Å²) in [5, 5.41) is 5.33. The van der Waals surface area contributed by atoms with Crippen molar-refractivity contribution in [3.8, 4) is 5.75 Å². The van der Waals surface area contributed by atoms with Gasteiger partial charge in [0.05, 0.1) is 12.0 Å². The minimum Gasteiger partial charge on any atom is -0.497 e. The summed E-state index contributed by atoms with van der Waals surface area (Å²) in [7, 11) is -2.20. The molecule has 0 radical (unpaired) electrons. The van der Waals surface area contributed by atoms with Crippen LogP contribution in [0.25, 0.3) is 0 Å². The van der Waals surface area contributed by atoms with Gasteiger partial charge in [-0.1, -0.05) is 28.1 Å². The Bertz CT molecular complexity index is 1120. The van der Waals surface area contributed by atoms with Crippen LogP contribution in [0.4, 0.5) is 21.9 Å². The molecule has 0 saturated heterocycles. The van der Waals surface area contributed by atoms with Crippen LogP contribution in [0.3, 0.4) is 0 Å². The molecule has 0 aliphatic rings. The third kappa shape index (κ3) is 5.72. The van der Waals surface area contributed by atoms with Crippen molar-refractivity contribution in [1.29, 1.82) is 0 Å². The number of hydrogen-bond donors (Lipinski definition) is 3. The Kier molecular flexibility index (Phi) is 6.40. The highest BCUT2D eigenvalue weighted by Crippen LogP contribution is 2.21. The molecule has 3 rings (SSSR count). The Hall–Kier alpha value is -3.04. The minimum atomic E-state index is -3.74. The Balaban J connectivity index is 1.65. The van der Waals surface area contributed by atoms with E-state index >= 15 is 0 Å². The van der Waals surface area contributed by atoms with Crippen LogP contribution in [-0.4, -0.2) is 21.6 Å². The third-order valence-corrected chi connectivity index (χ3v) is 5.72. The number of urea groups is 1. The number of carbonyl (C=O) groups excluding carboxylic acids is 1. The van der Waals surface area contributed by atoms with E-state index in [9.17, 15) is 13.2 Å². The van der Waals surface area contributed by atoms with Crippen LogP contribution in [-0.2, 0) is 10.0 Å². The first-order valence-corrected chi connectivity index (χ1v) is 10.7. The lowest BCUT2D eigenvalue weighted by Gasteiger charge is -2.11. The number of ether oxygens (including phenoxy) is 1.